The van der Waals surface area contributed by atoms with Gasteiger partial charge in [-0.2, -0.15) is 13.8 Å². The monoisotopic (exact) mass is 640 g/mol. The van der Waals surface area contributed by atoms with Crippen LogP contribution >= 0.6 is 0 Å². The zero-order chi connectivity index (χ0) is 32.6. The number of rotatable bonds is 9. The first kappa shape index (κ1) is 32.4. The number of halogens is 2. The van der Waals surface area contributed by atoms with E-state index in [1.165, 1.54) is 57.7 Å². The molecule has 4 aliphatic rings. The SMILES string of the molecule is COc1cc(C(=O)NC2CCC(N3CCN(CC4CC4)CC3)CC2)ccc1Nc1ncc2c(n1)N(C(C)C)CC(F)(F)C(=O)N2C. The number of nitrogens with zero attached hydrogens (tertiary/aromatic N) is 6. The number of carbonyl (C=O) groups excluding carboxylic acids is 2. The highest BCUT2D eigenvalue weighted by atomic mass is 19.3. The largest absolute Gasteiger partial charge is 0.495 e. The molecule has 2 aliphatic heterocycles. The number of anilines is 4. The number of piperazine rings is 1. The normalized spacial score (nSPS) is 24.0. The molecular formula is C33H46F2N8O3. The van der Waals surface area contributed by atoms with Gasteiger partial charge >= 0.3 is 5.92 Å². The fraction of sp³-hybridized carbons (Fsp3) is 0.636. The van der Waals surface area contributed by atoms with Crippen LogP contribution in [0.4, 0.5) is 31.9 Å². The summed E-state index contributed by atoms with van der Waals surface area (Å²) in [6.07, 6.45) is 8.28. The van der Waals surface area contributed by atoms with Crippen molar-refractivity contribution in [2.45, 2.75) is 76.4 Å². The predicted octanol–water partition coefficient (Wildman–Crippen LogP) is 4.12. The summed E-state index contributed by atoms with van der Waals surface area (Å²) in [4.78, 5) is 42.1. The van der Waals surface area contributed by atoms with Crippen molar-refractivity contribution in [1.29, 1.82) is 0 Å². The number of hydrogen-bond donors (Lipinski definition) is 2. The molecule has 0 atom stereocenters. The fourth-order valence-corrected chi connectivity index (χ4v) is 6.90. The van der Waals surface area contributed by atoms with E-state index in [0.717, 1.165) is 49.6 Å². The number of hydrogen-bond acceptors (Lipinski definition) is 9. The molecule has 0 spiro atoms. The van der Waals surface area contributed by atoms with Crippen molar-refractivity contribution in [3.05, 3.63) is 30.0 Å². The van der Waals surface area contributed by atoms with Crippen molar-refractivity contribution in [3.63, 3.8) is 0 Å². The number of benzene rings is 1. The van der Waals surface area contributed by atoms with Crippen LogP contribution in [0.25, 0.3) is 0 Å². The van der Waals surface area contributed by atoms with Gasteiger partial charge in [0.05, 0.1) is 25.5 Å². The molecule has 2 amide bonds. The maximum absolute atomic E-state index is 14.7. The van der Waals surface area contributed by atoms with E-state index in [0.29, 0.717) is 23.0 Å². The minimum atomic E-state index is -3.57. The molecule has 3 fully saturated rings. The van der Waals surface area contributed by atoms with E-state index in [2.05, 4.69) is 30.4 Å². The molecule has 0 radical (unpaired) electrons. The van der Waals surface area contributed by atoms with E-state index in [9.17, 15) is 18.4 Å². The molecule has 2 saturated carbocycles. The number of alkyl halides is 2. The summed E-state index contributed by atoms with van der Waals surface area (Å²) in [7, 11) is 2.81. The summed E-state index contributed by atoms with van der Waals surface area (Å²) in [5.41, 5.74) is 1.18. The molecule has 250 valence electrons. The van der Waals surface area contributed by atoms with Gasteiger partial charge in [0.15, 0.2) is 5.82 Å². The van der Waals surface area contributed by atoms with E-state index in [4.69, 9.17) is 4.74 Å². The third-order valence-corrected chi connectivity index (χ3v) is 9.87. The van der Waals surface area contributed by atoms with Crippen molar-refractivity contribution in [3.8, 4) is 5.75 Å². The van der Waals surface area contributed by atoms with Crippen LogP contribution in [-0.4, -0.2) is 109 Å². The van der Waals surface area contributed by atoms with Gasteiger partial charge in [0.2, 0.25) is 5.95 Å². The quantitative estimate of drug-likeness (QED) is 0.419. The number of methoxy groups -OCH3 is 1. The van der Waals surface area contributed by atoms with Gasteiger partial charge in [0.25, 0.3) is 11.8 Å². The highest BCUT2D eigenvalue weighted by Crippen LogP contribution is 2.37. The molecule has 1 saturated heterocycles. The van der Waals surface area contributed by atoms with Gasteiger partial charge < -0.3 is 30.1 Å². The summed E-state index contributed by atoms with van der Waals surface area (Å²) >= 11 is 0. The maximum Gasteiger partial charge on any atom is 0.342 e. The van der Waals surface area contributed by atoms with Crippen LogP contribution in [-0.2, 0) is 4.79 Å². The third-order valence-electron chi connectivity index (χ3n) is 9.87. The molecule has 13 heteroatoms. The Morgan fingerprint density at radius 2 is 1.80 bits per heavy atom. The second-order valence-electron chi connectivity index (χ2n) is 13.5. The lowest BCUT2D eigenvalue weighted by molar-refractivity contribution is -0.140. The Hall–Kier alpha value is -3.58. The summed E-state index contributed by atoms with van der Waals surface area (Å²) in [6, 6.07) is 5.48. The molecule has 0 bridgehead atoms. The number of carbonyl (C=O) groups is 2. The molecule has 46 heavy (non-hydrogen) atoms. The van der Waals surface area contributed by atoms with Gasteiger partial charge in [0, 0.05) is 63.5 Å². The van der Waals surface area contributed by atoms with Crippen molar-refractivity contribution >= 4 is 35.0 Å². The Morgan fingerprint density at radius 3 is 2.46 bits per heavy atom. The number of fused-ring (bicyclic) bond motifs is 1. The molecule has 2 N–H and O–H groups in total. The zero-order valence-electron chi connectivity index (χ0n) is 27.3. The Morgan fingerprint density at radius 1 is 1.09 bits per heavy atom. The molecule has 1 aromatic carbocycles. The van der Waals surface area contributed by atoms with Crippen molar-refractivity contribution in [1.82, 2.24) is 25.1 Å². The molecular weight excluding hydrogens is 594 g/mol. The minimum absolute atomic E-state index is 0.137. The summed E-state index contributed by atoms with van der Waals surface area (Å²) in [5, 5.41) is 6.31. The molecule has 1 aromatic heterocycles. The Bertz CT molecular complexity index is 1420. The maximum atomic E-state index is 14.7. The fourth-order valence-electron chi connectivity index (χ4n) is 6.90. The van der Waals surface area contributed by atoms with E-state index in [1.54, 1.807) is 32.0 Å². The minimum Gasteiger partial charge on any atom is -0.495 e. The highest BCUT2D eigenvalue weighted by Gasteiger charge is 2.47. The number of ether oxygens (including phenoxy) is 1. The lowest BCUT2D eigenvalue weighted by Crippen LogP contribution is -2.52. The highest BCUT2D eigenvalue weighted by molar-refractivity contribution is 6.02. The Balaban J connectivity index is 1.07. The van der Waals surface area contributed by atoms with Gasteiger partial charge in [-0.25, -0.2) is 4.98 Å². The Kier molecular flexibility index (Phi) is 9.33. The van der Waals surface area contributed by atoms with E-state index in [1.807, 2.05) is 0 Å². The Labute approximate surface area is 269 Å². The van der Waals surface area contributed by atoms with Gasteiger partial charge in [-0.3, -0.25) is 14.5 Å². The van der Waals surface area contributed by atoms with Crippen LogP contribution < -0.4 is 25.2 Å². The number of nitrogens with one attached hydrogen (secondary N) is 2. The first-order valence-corrected chi connectivity index (χ1v) is 16.5. The second-order valence-corrected chi connectivity index (χ2v) is 13.5. The van der Waals surface area contributed by atoms with Crippen LogP contribution in [0.15, 0.2) is 24.4 Å². The van der Waals surface area contributed by atoms with Gasteiger partial charge in [-0.05, 0) is 76.5 Å². The van der Waals surface area contributed by atoms with E-state index >= 15 is 0 Å². The number of aromatic nitrogens is 2. The van der Waals surface area contributed by atoms with Crippen molar-refractivity contribution < 1.29 is 23.1 Å². The van der Waals surface area contributed by atoms with E-state index < -0.39 is 18.4 Å². The standard InChI is InChI=1S/C33H46F2N8O3/c1-21(2)43-20-33(34,35)31(45)40(3)27-18-36-32(39-29(27)43)38-26-12-7-23(17-28(26)46-4)30(44)37-24-8-10-25(11-9-24)42-15-13-41(14-16-42)19-22-5-6-22/h7,12,17-18,21-22,24-25H,5-6,8-11,13-16,19-20H2,1-4H3,(H,37,44)(H,36,38,39). The summed E-state index contributed by atoms with van der Waals surface area (Å²) < 4.78 is 34.9. The lowest BCUT2D eigenvalue weighted by atomic mass is 9.89. The number of amides is 2. The average molecular weight is 641 g/mol. The van der Waals surface area contributed by atoms with Crippen LogP contribution in [0.2, 0.25) is 0 Å². The van der Waals surface area contributed by atoms with Crippen LogP contribution in [0.1, 0.15) is 62.7 Å². The van der Waals surface area contributed by atoms with Crippen molar-refractivity contribution in [2.24, 2.45) is 5.92 Å². The average Bonchev–Trinajstić information content (AvgIpc) is 3.88. The van der Waals surface area contributed by atoms with Gasteiger partial charge in [-0.15, -0.1) is 0 Å². The molecule has 2 aromatic rings. The van der Waals surface area contributed by atoms with E-state index in [-0.39, 0.29) is 35.4 Å². The summed E-state index contributed by atoms with van der Waals surface area (Å²) in [6.45, 7) is 8.66. The lowest BCUT2D eigenvalue weighted by Gasteiger charge is -2.42. The van der Waals surface area contributed by atoms with Crippen LogP contribution in [0, 0.1) is 5.92 Å². The molecule has 0 unspecified atom stereocenters. The smallest absolute Gasteiger partial charge is 0.342 e. The predicted molar refractivity (Wildman–Crippen MR) is 173 cm³/mol. The van der Waals surface area contributed by atoms with Crippen LogP contribution in [0.3, 0.4) is 0 Å². The molecule has 6 rings (SSSR count). The van der Waals surface area contributed by atoms with Crippen LogP contribution in [0.5, 0.6) is 5.75 Å². The molecule has 2 aliphatic carbocycles. The first-order valence-electron chi connectivity index (χ1n) is 16.5. The third kappa shape index (κ3) is 7.05. The topological polar surface area (TPSA) is 106 Å². The zero-order valence-corrected chi connectivity index (χ0v) is 27.3. The second kappa shape index (κ2) is 13.3. The first-order chi connectivity index (χ1) is 22.0. The molecule has 11 nitrogen and oxygen atoms in total. The van der Waals surface area contributed by atoms with Crippen molar-refractivity contribution in [2.75, 3.05) is 68.5 Å². The summed E-state index contributed by atoms with van der Waals surface area (Å²) in [5.74, 6) is -3.30. The van der Waals surface area contributed by atoms with Gasteiger partial charge in [0.1, 0.15) is 11.4 Å². The van der Waals surface area contributed by atoms with Gasteiger partial charge in [-0.1, -0.05) is 0 Å². The molecule has 3 heterocycles.